The summed E-state index contributed by atoms with van der Waals surface area (Å²) in [5, 5.41) is 0. The van der Waals surface area contributed by atoms with Gasteiger partial charge in [0.2, 0.25) is 0 Å². The normalized spacial score (nSPS) is 10.8. The summed E-state index contributed by atoms with van der Waals surface area (Å²) in [4.78, 5) is 20.2. The number of carbonyl (C=O) groups is 2. The van der Waals surface area contributed by atoms with Crippen LogP contribution in [0.15, 0.2) is 0 Å². The quantitative estimate of drug-likeness (QED) is 0.275. The van der Waals surface area contributed by atoms with Crippen molar-refractivity contribution in [2.24, 2.45) is 0 Å². The van der Waals surface area contributed by atoms with E-state index in [1.165, 1.54) is 0 Å². The third kappa shape index (κ3) is 4.17. The smallest absolute Gasteiger partial charge is 0.377 e. The molecule has 58 valence electrons. The molecule has 0 fully saturated rings. The van der Waals surface area contributed by atoms with Crippen LogP contribution in [0.4, 0.5) is 4.79 Å². The van der Waals surface area contributed by atoms with Crippen LogP contribution in [0, 0.1) is 0 Å². The average Bonchev–Trinajstić information content (AvgIpc) is 1.60. The summed E-state index contributed by atoms with van der Waals surface area (Å²) in [7, 11) is 0. The number of carbonyl (C=O) groups excluding carboxylic acids is 2. The fourth-order valence-corrected chi connectivity index (χ4v) is 0.317. The van der Waals surface area contributed by atoms with E-state index in [0.717, 1.165) is 0 Å². The molecule has 0 N–H and O–H groups in total. The van der Waals surface area contributed by atoms with Crippen molar-refractivity contribution in [2.75, 3.05) is 0 Å². The lowest BCUT2D eigenvalue weighted by molar-refractivity contribution is -0.135. The van der Waals surface area contributed by atoms with Crippen molar-refractivity contribution in [1.82, 2.24) is 0 Å². The first-order valence-electron chi connectivity index (χ1n) is 1.82. The molecule has 10 heavy (non-hydrogen) atoms. The highest BCUT2D eigenvalue weighted by atomic mass is 35.6. The van der Waals surface area contributed by atoms with Gasteiger partial charge in [-0.05, 0) is 0 Å². The highest BCUT2D eigenvalue weighted by Gasteiger charge is 2.34. The molecule has 0 atom stereocenters. The number of hydrogen-bond acceptors (Lipinski definition) is 3. The van der Waals surface area contributed by atoms with Crippen molar-refractivity contribution < 1.29 is 14.3 Å². The maximum atomic E-state index is 10.4. The molecule has 0 unspecified atom stereocenters. The Balaban J connectivity index is 3.99. The zero-order valence-corrected chi connectivity index (χ0v) is 7.26. The average molecular weight is 226 g/mol. The number of rotatable bonds is 0. The standard InChI is InChI=1S/C3Cl4O3/c4-2(9)10-1(8)3(5,6)7. The molecule has 0 saturated heterocycles. The van der Waals surface area contributed by atoms with Gasteiger partial charge in [-0.1, -0.05) is 34.8 Å². The van der Waals surface area contributed by atoms with E-state index in [2.05, 4.69) is 16.3 Å². The fraction of sp³-hybridized carbons (Fsp3) is 0.333. The Morgan fingerprint density at radius 2 is 1.60 bits per heavy atom. The number of hydrogen-bond donors (Lipinski definition) is 0. The van der Waals surface area contributed by atoms with Gasteiger partial charge < -0.3 is 4.74 Å². The zero-order valence-electron chi connectivity index (χ0n) is 4.24. The molecule has 0 bridgehead atoms. The lowest BCUT2D eigenvalue weighted by Gasteiger charge is -2.05. The predicted molar refractivity (Wildman–Crippen MR) is 37.6 cm³/mol. The topological polar surface area (TPSA) is 43.4 Å². The SMILES string of the molecule is O=C(Cl)OC(=O)C(Cl)(Cl)Cl. The Labute approximate surface area is 76.1 Å². The van der Waals surface area contributed by atoms with E-state index in [-0.39, 0.29) is 0 Å². The zero-order chi connectivity index (χ0) is 8.36. The van der Waals surface area contributed by atoms with Crippen LogP contribution in [-0.4, -0.2) is 15.2 Å². The van der Waals surface area contributed by atoms with Crippen molar-refractivity contribution in [3.8, 4) is 0 Å². The van der Waals surface area contributed by atoms with Gasteiger partial charge in [-0.15, -0.1) is 0 Å². The van der Waals surface area contributed by atoms with Crippen LogP contribution in [0.5, 0.6) is 0 Å². The molecule has 0 rings (SSSR count). The fourth-order valence-electron chi connectivity index (χ4n) is 0.131. The van der Waals surface area contributed by atoms with Crippen LogP contribution in [0.2, 0.25) is 0 Å². The molecule has 0 aliphatic rings. The molecule has 0 amide bonds. The van der Waals surface area contributed by atoms with E-state index in [0.29, 0.717) is 0 Å². The number of esters is 1. The highest BCUT2D eigenvalue weighted by molar-refractivity contribution is 6.76. The van der Waals surface area contributed by atoms with Gasteiger partial charge in [0.1, 0.15) is 0 Å². The van der Waals surface area contributed by atoms with Gasteiger partial charge in [-0.3, -0.25) is 0 Å². The summed E-state index contributed by atoms with van der Waals surface area (Å²) in [5.74, 6) is -1.32. The monoisotopic (exact) mass is 224 g/mol. The number of ether oxygens (including phenoxy) is 1. The van der Waals surface area contributed by atoms with Crippen molar-refractivity contribution >= 4 is 57.8 Å². The summed E-state index contributed by atoms with van der Waals surface area (Å²) < 4.78 is 1.45. The van der Waals surface area contributed by atoms with E-state index in [1.54, 1.807) is 0 Å². The Morgan fingerprint density at radius 3 is 1.70 bits per heavy atom. The molecule has 7 heteroatoms. The van der Waals surface area contributed by atoms with E-state index in [9.17, 15) is 9.59 Å². The molecule has 0 spiro atoms. The largest absolute Gasteiger partial charge is 0.411 e. The maximum absolute atomic E-state index is 10.4. The minimum atomic E-state index is -2.26. The first-order chi connectivity index (χ1) is 4.34. The maximum Gasteiger partial charge on any atom is 0.411 e. The van der Waals surface area contributed by atoms with Crippen LogP contribution in [0.25, 0.3) is 0 Å². The predicted octanol–water partition coefficient (Wildman–Crippen LogP) is 2.26. The van der Waals surface area contributed by atoms with Crippen molar-refractivity contribution in [1.29, 1.82) is 0 Å². The lowest BCUT2D eigenvalue weighted by Crippen LogP contribution is -2.22. The van der Waals surface area contributed by atoms with Crippen molar-refractivity contribution in [3.05, 3.63) is 0 Å². The minimum Gasteiger partial charge on any atom is -0.377 e. The van der Waals surface area contributed by atoms with Crippen LogP contribution in [-0.2, 0) is 9.53 Å². The van der Waals surface area contributed by atoms with Crippen molar-refractivity contribution in [3.63, 3.8) is 0 Å². The highest BCUT2D eigenvalue weighted by Crippen LogP contribution is 2.27. The molecule has 0 aliphatic carbocycles. The summed E-state index contributed by atoms with van der Waals surface area (Å²) in [6.07, 6.45) is 0. The third-order valence-corrected chi connectivity index (χ3v) is 0.944. The molecule has 0 aliphatic heterocycles. The van der Waals surface area contributed by atoms with Crippen LogP contribution >= 0.6 is 46.4 Å². The molecule has 3 nitrogen and oxygen atoms in total. The first-order valence-corrected chi connectivity index (χ1v) is 3.33. The van der Waals surface area contributed by atoms with Gasteiger partial charge in [0, 0.05) is 11.6 Å². The van der Waals surface area contributed by atoms with Gasteiger partial charge in [-0.2, -0.15) is 0 Å². The minimum absolute atomic E-state index is 1.32. The number of alkyl halides is 3. The van der Waals surface area contributed by atoms with Crippen LogP contribution in [0.1, 0.15) is 0 Å². The van der Waals surface area contributed by atoms with Crippen molar-refractivity contribution in [2.45, 2.75) is 3.79 Å². The molecule has 0 aromatic heterocycles. The Hall–Kier alpha value is 0.300. The molecular formula is C3Cl4O3. The second-order valence-electron chi connectivity index (χ2n) is 1.12. The van der Waals surface area contributed by atoms with Gasteiger partial charge in [-0.25, -0.2) is 9.59 Å². The van der Waals surface area contributed by atoms with E-state index >= 15 is 0 Å². The third-order valence-electron chi connectivity index (χ3n) is 0.404. The lowest BCUT2D eigenvalue weighted by atomic mass is 10.8. The molecule has 0 aromatic rings. The Morgan fingerprint density at radius 1 is 1.20 bits per heavy atom. The molecule has 0 radical (unpaired) electrons. The molecule has 0 aromatic carbocycles. The first kappa shape index (κ1) is 10.3. The van der Waals surface area contributed by atoms with Crippen LogP contribution < -0.4 is 0 Å². The second-order valence-corrected chi connectivity index (χ2v) is 3.71. The number of halogens is 4. The van der Waals surface area contributed by atoms with Crippen LogP contribution in [0.3, 0.4) is 0 Å². The molecule has 0 saturated carbocycles. The summed E-state index contributed by atoms with van der Waals surface area (Å²) in [6, 6.07) is 0. The van der Waals surface area contributed by atoms with E-state index < -0.39 is 15.2 Å². The van der Waals surface area contributed by atoms with E-state index in [4.69, 9.17) is 34.8 Å². The Bertz CT molecular complexity index is 160. The molecule has 0 heterocycles. The van der Waals surface area contributed by atoms with Gasteiger partial charge in [0.05, 0.1) is 0 Å². The second kappa shape index (κ2) is 3.62. The Kier molecular flexibility index (Phi) is 3.73. The van der Waals surface area contributed by atoms with Gasteiger partial charge in [0.15, 0.2) is 0 Å². The molecular weight excluding hydrogens is 226 g/mol. The van der Waals surface area contributed by atoms with E-state index in [1.807, 2.05) is 0 Å². The summed E-state index contributed by atoms with van der Waals surface area (Å²) >= 11 is 19.5. The summed E-state index contributed by atoms with van der Waals surface area (Å²) in [5.41, 5.74) is -1.34. The van der Waals surface area contributed by atoms with Gasteiger partial charge >= 0.3 is 11.4 Å². The van der Waals surface area contributed by atoms with Gasteiger partial charge in [0.25, 0.3) is 3.79 Å². The summed E-state index contributed by atoms with van der Waals surface area (Å²) in [6.45, 7) is 0.